The summed E-state index contributed by atoms with van der Waals surface area (Å²) in [5.41, 5.74) is 2.12. The Morgan fingerprint density at radius 3 is 2.93 bits per heavy atom. The minimum Gasteiger partial charge on any atom is -0.508 e. The first kappa shape index (κ1) is 8.24. The molecular weight excluding hydrogens is 194 g/mol. The van der Waals surface area contributed by atoms with Crippen LogP contribution in [-0.2, 0) is 0 Å². The largest absolute Gasteiger partial charge is 0.508 e. The summed E-state index contributed by atoms with van der Waals surface area (Å²) >= 11 is 1.64. The second-order valence-electron chi connectivity index (χ2n) is 3.89. The van der Waals surface area contributed by atoms with Crippen molar-refractivity contribution in [3.8, 4) is 5.75 Å². The Bertz CT molecular complexity index is 499. The highest BCUT2D eigenvalue weighted by Crippen LogP contribution is 2.45. The predicted molar refractivity (Wildman–Crippen MR) is 58.0 cm³/mol. The third kappa shape index (κ3) is 1.20. The molecule has 2 nitrogen and oxygen atoms in total. The number of aryl methyl sites for hydroxylation is 1. The summed E-state index contributed by atoms with van der Waals surface area (Å²) in [4.78, 5) is 4.43. The van der Waals surface area contributed by atoms with Crippen LogP contribution in [0.15, 0.2) is 12.1 Å². The Morgan fingerprint density at radius 2 is 2.21 bits per heavy atom. The topological polar surface area (TPSA) is 33.1 Å². The number of aromatic hydroxyl groups is 1. The average molecular weight is 205 g/mol. The van der Waals surface area contributed by atoms with Crippen molar-refractivity contribution in [2.45, 2.75) is 25.7 Å². The SMILES string of the molecule is Cc1nc2cc(C3CC3)c(O)cc2s1. The number of benzene rings is 1. The minimum absolute atomic E-state index is 0.448. The highest BCUT2D eigenvalue weighted by Gasteiger charge is 2.26. The molecule has 1 heterocycles. The number of hydrogen-bond donors (Lipinski definition) is 1. The van der Waals surface area contributed by atoms with Gasteiger partial charge in [0, 0.05) is 0 Å². The van der Waals surface area contributed by atoms with Gasteiger partial charge in [-0.1, -0.05) is 0 Å². The third-order valence-electron chi connectivity index (χ3n) is 2.66. The molecule has 72 valence electrons. The van der Waals surface area contributed by atoms with Crippen LogP contribution < -0.4 is 0 Å². The van der Waals surface area contributed by atoms with Crippen LogP contribution >= 0.6 is 11.3 Å². The Hall–Kier alpha value is -1.09. The molecule has 1 aromatic carbocycles. The number of rotatable bonds is 1. The molecule has 2 aromatic rings. The van der Waals surface area contributed by atoms with Crippen LogP contribution in [0.25, 0.3) is 10.2 Å². The standard InChI is InChI=1S/C11H11NOS/c1-6-12-9-4-8(7-2-3-7)10(13)5-11(9)14-6/h4-5,7,13H,2-3H2,1H3. The molecule has 0 atom stereocenters. The zero-order valence-corrected chi connectivity index (χ0v) is 8.77. The summed E-state index contributed by atoms with van der Waals surface area (Å²) in [7, 11) is 0. The number of hydrogen-bond acceptors (Lipinski definition) is 3. The molecule has 0 radical (unpaired) electrons. The number of nitrogens with zero attached hydrogens (tertiary/aromatic N) is 1. The van der Waals surface area contributed by atoms with Crippen molar-refractivity contribution in [2.75, 3.05) is 0 Å². The number of phenols is 1. The van der Waals surface area contributed by atoms with E-state index in [-0.39, 0.29) is 0 Å². The summed E-state index contributed by atoms with van der Waals surface area (Å²) in [5, 5.41) is 10.9. The summed E-state index contributed by atoms with van der Waals surface area (Å²) < 4.78 is 1.09. The van der Waals surface area contributed by atoms with E-state index in [4.69, 9.17) is 0 Å². The number of thiazole rings is 1. The van der Waals surface area contributed by atoms with E-state index in [0.717, 1.165) is 20.8 Å². The molecule has 1 fully saturated rings. The summed E-state index contributed by atoms with van der Waals surface area (Å²) in [5.74, 6) is 1.03. The second-order valence-corrected chi connectivity index (χ2v) is 5.12. The average Bonchev–Trinajstić information content (AvgIpc) is 2.88. The van der Waals surface area contributed by atoms with Gasteiger partial charge in [0.05, 0.1) is 15.2 Å². The Morgan fingerprint density at radius 1 is 1.43 bits per heavy atom. The first-order chi connectivity index (χ1) is 6.74. The molecule has 1 aromatic heterocycles. The first-order valence-electron chi connectivity index (χ1n) is 4.84. The minimum atomic E-state index is 0.448. The van der Waals surface area contributed by atoms with E-state index >= 15 is 0 Å². The van der Waals surface area contributed by atoms with Crippen LogP contribution in [0, 0.1) is 6.92 Å². The second kappa shape index (κ2) is 2.70. The van der Waals surface area contributed by atoms with E-state index in [1.165, 1.54) is 12.8 Å². The summed E-state index contributed by atoms with van der Waals surface area (Å²) in [6.45, 7) is 2.00. The Balaban J connectivity index is 2.25. The molecule has 0 bridgehead atoms. The lowest BCUT2D eigenvalue weighted by Crippen LogP contribution is -1.80. The lowest BCUT2D eigenvalue weighted by atomic mass is 10.1. The zero-order chi connectivity index (χ0) is 9.71. The van der Waals surface area contributed by atoms with Gasteiger partial charge in [0.25, 0.3) is 0 Å². The van der Waals surface area contributed by atoms with Gasteiger partial charge in [0.2, 0.25) is 0 Å². The lowest BCUT2D eigenvalue weighted by Gasteiger charge is -2.01. The van der Waals surface area contributed by atoms with E-state index in [0.29, 0.717) is 11.7 Å². The van der Waals surface area contributed by atoms with Gasteiger partial charge in [-0.2, -0.15) is 0 Å². The van der Waals surface area contributed by atoms with Crippen molar-refractivity contribution in [1.82, 2.24) is 4.98 Å². The molecule has 0 amide bonds. The number of aromatic nitrogens is 1. The van der Waals surface area contributed by atoms with Crippen LogP contribution in [0.5, 0.6) is 5.75 Å². The third-order valence-corrected chi connectivity index (χ3v) is 3.59. The smallest absolute Gasteiger partial charge is 0.120 e. The molecule has 3 rings (SSSR count). The maximum absolute atomic E-state index is 9.81. The molecule has 14 heavy (non-hydrogen) atoms. The van der Waals surface area contributed by atoms with Crippen LogP contribution in [0.2, 0.25) is 0 Å². The molecule has 0 spiro atoms. The van der Waals surface area contributed by atoms with Crippen LogP contribution in [0.4, 0.5) is 0 Å². The predicted octanol–water partition coefficient (Wildman–Crippen LogP) is 3.19. The van der Waals surface area contributed by atoms with Gasteiger partial charge in [-0.15, -0.1) is 11.3 Å². The number of phenolic OH excluding ortho intramolecular Hbond substituents is 1. The molecule has 1 saturated carbocycles. The van der Waals surface area contributed by atoms with E-state index in [9.17, 15) is 5.11 Å². The number of fused-ring (bicyclic) bond motifs is 1. The van der Waals surface area contributed by atoms with Gasteiger partial charge >= 0.3 is 0 Å². The van der Waals surface area contributed by atoms with E-state index < -0.39 is 0 Å². The fourth-order valence-electron chi connectivity index (χ4n) is 1.82. The van der Waals surface area contributed by atoms with Crippen LogP contribution in [0.3, 0.4) is 0 Å². The lowest BCUT2D eigenvalue weighted by molar-refractivity contribution is 0.469. The van der Waals surface area contributed by atoms with E-state index in [1.807, 2.05) is 19.1 Å². The molecular formula is C11H11NOS. The summed E-state index contributed by atoms with van der Waals surface area (Å²) in [6.07, 6.45) is 2.42. The van der Waals surface area contributed by atoms with Gasteiger partial charge in [0.1, 0.15) is 5.75 Å². The highest BCUT2D eigenvalue weighted by atomic mass is 32.1. The van der Waals surface area contributed by atoms with Gasteiger partial charge in [0.15, 0.2) is 0 Å². The van der Waals surface area contributed by atoms with Crippen molar-refractivity contribution in [3.05, 3.63) is 22.7 Å². The molecule has 3 heteroatoms. The van der Waals surface area contributed by atoms with Gasteiger partial charge < -0.3 is 5.11 Å². The molecule has 0 unspecified atom stereocenters. The molecule has 0 saturated heterocycles. The van der Waals surface area contributed by atoms with Gasteiger partial charge in [-0.05, 0) is 43.4 Å². The van der Waals surface area contributed by atoms with Gasteiger partial charge in [-0.25, -0.2) is 4.98 Å². The summed E-state index contributed by atoms with van der Waals surface area (Å²) in [6, 6.07) is 3.90. The highest BCUT2D eigenvalue weighted by molar-refractivity contribution is 7.18. The van der Waals surface area contributed by atoms with Crippen molar-refractivity contribution in [1.29, 1.82) is 0 Å². The normalized spacial score (nSPS) is 16.4. The zero-order valence-electron chi connectivity index (χ0n) is 7.95. The quantitative estimate of drug-likeness (QED) is 0.775. The molecule has 1 aliphatic rings. The van der Waals surface area contributed by atoms with E-state index in [1.54, 1.807) is 11.3 Å². The maximum Gasteiger partial charge on any atom is 0.120 e. The monoisotopic (exact) mass is 205 g/mol. The molecule has 1 N–H and O–H groups in total. The fraction of sp³-hybridized carbons (Fsp3) is 0.364. The van der Waals surface area contributed by atoms with Crippen LogP contribution in [-0.4, -0.2) is 10.1 Å². The van der Waals surface area contributed by atoms with Gasteiger partial charge in [-0.3, -0.25) is 0 Å². The molecule has 0 aliphatic heterocycles. The maximum atomic E-state index is 9.81. The Labute approximate surface area is 86.2 Å². The van der Waals surface area contributed by atoms with Crippen molar-refractivity contribution < 1.29 is 5.11 Å². The van der Waals surface area contributed by atoms with Crippen molar-refractivity contribution in [3.63, 3.8) is 0 Å². The Kier molecular flexibility index (Phi) is 1.59. The van der Waals surface area contributed by atoms with Crippen molar-refractivity contribution in [2.24, 2.45) is 0 Å². The fourth-order valence-corrected chi connectivity index (χ4v) is 2.66. The van der Waals surface area contributed by atoms with Crippen LogP contribution in [0.1, 0.15) is 29.3 Å². The van der Waals surface area contributed by atoms with Crippen molar-refractivity contribution >= 4 is 21.6 Å². The molecule has 1 aliphatic carbocycles. The first-order valence-corrected chi connectivity index (χ1v) is 5.66. The van der Waals surface area contributed by atoms with E-state index in [2.05, 4.69) is 4.98 Å².